The summed E-state index contributed by atoms with van der Waals surface area (Å²) in [6.45, 7) is 2.91. The van der Waals surface area contributed by atoms with E-state index in [4.69, 9.17) is 4.74 Å². The second-order valence-electron chi connectivity index (χ2n) is 4.52. The van der Waals surface area contributed by atoms with E-state index in [0.717, 1.165) is 24.3 Å². The van der Waals surface area contributed by atoms with Crippen LogP contribution < -0.4 is 10.1 Å². The number of ether oxygens (including phenoxy) is 1. The highest BCUT2D eigenvalue weighted by Gasteiger charge is 2.28. The Morgan fingerprint density at radius 1 is 1.56 bits per heavy atom. The molecule has 1 aromatic carbocycles. The molecule has 1 aliphatic heterocycles. The van der Waals surface area contributed by atoms with Crippen LogP contribution in [0.15, 0.2) is 18.2 Å². The molecule has 0 radical (unpaired) electrons. The average Bonchev–Trinajstić information content (AvgIpc) is 2.90. The third-order valence-corrected chi connectivity index (χ3v) is 4.60. The van der Waals surface area contributed by atoms with Gasteiger partial charge in [0.15, 0.2) is 11.6 Å². The van der Waals surface area contributed by atoms with Crippen LogP contribution in [0.4, 0.5) is 4.39 Å². The van der Waals surface area contributed by atoms with Crippen molar-refractivity contribution in [2.24, 2.45) is 5.92 Å². The summed E-state index contributed by atoms with van der Waals surface area (Å²) in [5, 5.41) is 3.42. The van der Waals surface area contributed by atoms with E-state index in [1.165, 1.54) is 12.9 Å². The highest BCUT2D eigenvalue weighted by atomic mass is 32.2. The summed E-state index contributed by atoms with van der Waals surface area (Å²) in [7, 11) is 1.51. The molecule has 0 saturated carbocycles. The first-order valence-electron chi connectivity index (χ1n) is 6.41. The van der Waals surface area contributed by atoms with Crippen molar-refractivity contribution in [3.05, 3.63) is 29.6 Å². The first-order valence-corrected chi connectivity index (χ1v) is 7.57. The predicted molar refractivity (Wildman–Crippen MR) is 74.8 cm³/mol. The van der Waals surface area contributed by atoms with Gasteiger partial charge in [-0.2, -0.15) is 11.8 Å². The zero-order chi connectivity index (χ0) is 13.0. The minimum Gasteiger partial charge on any atom is -0.494 e. The van der Waals surface area contributed by atoms with Crippen molar-refractivity contribution in [2.75, 3.05) is 25.2 Å². The third-order valence-electron chi connectivity index (χ3n) is 3.41. The maximum atomic E-state index is 14.3. The number of hydrogen-bond acceptors (Lipinski definition) is 3. The van der Waals surface area contributed by atoms with Crippen molar-refractivity contribution in [1.29, 1.82) is 0 Å². The zero-order valence-corrected chi connectivity index (χ0v) is 11.7. The number of hydrogen-bond donors (Lipinski definition) is 1. The van der Waals surface area contributed by atoms with Gasteiger partial charge in [-0.25, -0.2) is 4.39 Å². The third kappa shape index (κ3) is 2.81. The Hall–Kier alpha value is -0.740. The van der Waals surface area contributed by atoms with Crippen LogP contribution in [0.1, 0.15) is 24.9 Å². The monoisotopic (exact) mass is 269 g/mol. The molecule has 2 nitrogen and oxygen atoms in total. The molecule has 1 fully saturated rings. The van der Waals surface area contributed by atoms with E-state index < -0.39 is 0 Å². The topological polar surface area (TPSA) is 21.3 Å². The molecule has 1 aromatic rings. The Kier molecular flexibility index (Phi) is 4.89. The first-order chi connectivity index (χ1) is 8.77. The Morgan fingerprint density at radius 3 is 3.00 bits per heavy atom. The molecule has 2 unspecified atom stereocenters. The SMILES string of the molecule is CCNC(c1cccc(OC)c1F)C1CCSC1. The molecule has 0 spiro atoms. The molecule has 100 valence electrons. The lowest BCUT2D eigenvalue weighted by atomic mass is 9.92. The summed E-state index contributed by atoms with van der Waals surface area (Å²) in [5.41, 5.74) is 0.740. The van der Waals surface area contributed by atoms with Crippen LogP contribution in [0, 0.1) is 11.7 Å². The van der Waals surface area contributed by atoms with Gasteiger partial charge < -0.3 is 10.1 Å². The molecule has 1 heterocycles. The first kappa shape index (κ1) is 13.7. The lowest BCUT2D eigenvalue weighted by Crippen LogP contribution is -2.29. The summed E-state index contributed by atoms with van der Waals surface area (Å²) >= 11 is 1.95. The van der Waals surface area contributed by atoms with Crippen LogP contribution in [-0.2, 0) is 0 Å². The summed E-state index contributed by atoms with van der Waals surface area (Å²) in [6.07, 6.45) is 1.15. The fourth-order valence-electron chi connectivity index (χ4n) is 2.49. The highest BCUT2D eigenvalue weighted by molar-refractivity contribution is 7.99. The summed E-state index contributed by atoms with van der Waals surface area (Å²) in [6, 6.07) is 5.50. The molecule has 2 atom stereocenters. The molecule has 0 bridgehead atoms. The lowest BCUT2D eigenvalue weighted by molar-refractivity contribution is 0.360. The lowest BCUT2D eigenvalue weighted by Gasteiger charge is -2.25. The molecule has 1 N–H and O–H groups in total. The molecule has 1 saturated heterocycles. The Bertz CT molecular complexity index is 393. The average molecular weight is 269 g/mol. The largest absolute Gasteiger partial charge is 0.494 e. The van der Waals surface area contributed by atoms with E-state index in [1.54, 1.807) is 6.07 Å². The molecule has 1 aliphatic rings. The molecule has 18 heavy (non-hydrogen) atoms. The second kappa shape index (κ2) is 6.43. The molecule has 4 heteroatoms. The minimum atomic E-state index is -0.220. The number of thioether (sulfide) groups is 1. The fourth-order valence-corrected chi connectivity index (χ4v) is 3.79. The van der Waals surface area contributed by atoms with E-state index in [0.29, 0.717) is 11.7 Å². The molecule has 0 amide bonds. The van der Waals surface area contributed by atoms with Gasteiger partial charge in [0.25, 0.3) is 0 Å². The van der Waals surface area contributed by atoms with Crippen LogP contribution in [-0.4, -0.2) is 25.2 Å². The normalized spacial score (nSPS) is 20.9. The summed E-state index contributed by atoms with van der Waals surface area (Å²) < 4.78 is 19.4. The van der Waals surface area contributed by atoms with Crippen molar-refractivity contribution < 1.29 is 9.13 Å². The van der Waals surface area contributed by atoms with Crippen LogP contribution in [0.3, 0.4) is 0 Å². The van der Waals surface area contributed by atoms with E-state index in [9.17, 15) is 4.39 Å². The van der Waals surface area contributed by atoms with E-state index in [-0.39, 0.29) is 11.9 Å². The van der Waals surface area contributed by atoms with Crippen molar-refractivity contribution in [2.45, 2.75) is 19.4 Å². The molecular weight excluding hydrogens is 249 g/mol. The number of nitrogens with one attached hydrogen (secondary N) is 1. The zero-order valence-electron chi connectivity index (χ0n) is 10.9. The van der Waals surface area contributed by atoms with Crippen LogP contribution in [0.2, 0.25) is 0 Å². The smallest absolute Gasteiger partial charge is 0.169 e. The molecule has 2 rings (SSSR count). The van der Waals surface area contributed by atoms with Crippen LogP contribution in [0.5, 0.6) is 5.75 Å². The summed E-state index contributed by atoms with van der Waals surface area (Å²) in [5.74, 6) is 2.91. The van der Waals surface area contributed by atoms with Gasteiger partial charge in [0.2, 0.25) is 0 Å². The van der Waals surface area contributed by atoms with Gasteiger partial charge in [-0.1, -0.05) is 19.1 Å². The van der Waals surface area contributed by atoms with Gasteiger partial charge in [0.1, 0.15) is 0 Å². The number of benzene rings is 1. The van der Waals surface area contributed by atoms with Gasteiger partial charge in [-0.05, 0) is 36.5 Å². The maximum Gasteiger partial charge on any atom is 0.169 e. The minimum absolute atomic E-state index is 0.0973. The Morgan fingerprint density at radius 2 is 2.39 bits per heavy atom. The van der Waals surface area contributed by atoms with Gasteiger partial charge >= 0.3 is 0 Å². The molecular formula is C14H20FNOS. The van der Waals surface area contributed by atoms with E-state index in [2.05, 4.69) is 12.2 Å². The Balaban J connectivity index is 2.29. The van der Waals surface area contributed by atoms with Crippen LogP contribution >= 0.6 is 11.8 Å². The molecule has 0 aromatic heterocycles. The van der Waals surface area contributed by atoms with Gasteiger partial charge in [0, 0.05) is 11.6 Å². The predicted octanol–water partition coefficient (Wildman–Crippen LogP) is 3.24. The number of halogens is 1. The number of methoxy groups -OCH3 is 1. The standard InChI is InChI=1S/C14H20FNOS/c1-3-16-14(10-7-8-18-9-10)11-5-4-6-12(17-2)13(11)15/h4-6,10,14,16H,3,7-9H2,1-2H3. The van der Waals surface area contributed by atoms with E-state index >= 15 is 0 Å². The maximum absolute atomic E-state index is 14.3. The van der Waals surface area contributed by atoms with Gasteiger partial charge in [-0.15, -0.1) is 0 Å². The van der Waals surface area contributed by atoms with E-state index in [1.807, 2.05) is 23.9 Å². The number of rotatable bonds is 5. The van der Waals surface area contributed by atoms with Crippen molar-refractivity contribution >= 4 is 11.8 Å². The molecule has 0 aliphatic carbocycles. The van der Waals surface area contributed by atoms with Gasteiger partial charge in [0.05, 0.1) is 7.11 Å². The van der Waals surface area contributed by atoms with Crippen molar-refractivity contribution in [3.8, 4) is 5.75 Å². The Labute approximate surface area is 112 Å². The van der Waals surface area contributed by atoms with Crippen molar-refractivity contribution in [1.82, 2.24) is 5.32 Å². The fraction of sp³-hybridized carbons (Fsp3) is 0.571. The summed E-state index contributed by atoms with van der Waals surface area (Å²) in [4.78, 5) is 0. The second-order valence-corrected chi connectivity index (χ2v) is 5.67. The van der Waals surface area contributed by atoms with Crippen LogP contribution in [0.25, 0.3) is 0 Å². The quantitative estimate of drug-likeness (QED) is 0.886. The highest BCUT2D eigenvalue weighted by Crippen LogP contribution is 2.36. The van der Waals surface area contributed by atoms with Crippen molar-refractivity contribution in [3.63, 3.8) is 0 Å². The van der Waals surface area contributed by atoms with Gasteiger partial charge in [-0.3, -0.25) is 0 Å².